The quantitative estimate of drug-likeness (QED) is 0.819. The molecule has 0 radical (unpaired) electrons. The minimum atomic E-state index is 0.00164. The molecule has 1 aliphatic carbocycles. The minimum Gasteiger partial charge on any atom is -0.373 e. The summed E-state index contributed by atoms with van der Waals surface area (Å²) in [4.78, 5) is 9.44. The van der Waals surface area contributed by atoms with E-state index in [4.69, 9.17) is 9.72 Å². The molecule has 5 heteroatoms. The van der Waals surface area contributed by atoms with Gasteiger partial charge in [-0.2, -0.15) is 0 Å². The van der Waals surface area contributed by atoms with Gasteiger partial charge in [0, 0.05) is 19.6 Å². The van der Waals surface area contributed by atoms with Gasteiger partial charge >= 0.3 is 0 Å². The third-order valence-electron chi connectivity index (χ3n) is 3.37. The Kier molecular flexibility index (Phi) is 4.35. The molecular weight excluding hydrogens is 353 g/mol. The second-order valence-electron chi connectivity index (χ2n) is 6.09. The molecule has 4 nitrogen and oxygen atoms in total. The first kappa shape index (κ1) is 15.0. The molecule has 0 aromatic carbocycles. The van der Waals surface area contributed by atoms with E-state index >= 15 is 0 Å². The van der Waals surface area contributed by atoms with Gasteiger partial charge in [0.2, 0.25) is 0 Å². The first-order chi connectivity index (χ1) is 8.88. The van der Waals surface area contributed by atoms with Crippen molar-refractivity contribution in [1.29, 1.82) is 0 Å². The number of methoxy groups -OCH3 is 1. The number of rotatable bonds is 4. The Balaban J connectivity index is 2.50. The maximum Gasteiger partial charge on any atom is 0.160 e. The summed E-state index contributed by atoms with van der Waals surface area (Å²) in [6, 6.07) is 0. The number of ether oxygens (including phenoxy) is 1. The van der Waals surface area contributed by atoms with Crippen molar-refractivity contribution < 1.29 is 4.74 Å². The van der Waals surface area contributed by atoms with Crippen LogP contribution in [0.3, 0.4) is 0 Å². The maximum atomic E-state index is 5.61. The van der Waals surface area contributed by atoms with Crippen LogP contribution < -0.4 is 5.32 Å². The monoisotopic (exact) mass is 375 g/mol. The molecule has 1 saturated carbocycles. The lowest BCUT2D eigenvalue weighted by atomic mass is 9.91. The fourth-order valence-electron chi connectivity index (χ4n) is 2.16. The van der Waals surface area contributed by atoms with Crippen LogP contribution in [0, 0.1) is 9.49 Å². The van der Waals surface area contributed by atoms with Crippen molar-refractivity contribution in [1.82, 2.24) is 9.97 Å². The highest BCUT2D eigenvalue weighted by Gasteiger charge is 2.36. The topological polar surface area (TPSA) is 47.0 Å². The van der Waals surface area contributed by atoms with Gasteiger partial charge in [0.25, 0.3) is 0 Å². The van der Waals surface area contributed by atoms with Gasteiger partial charge < -0.3 is 10.1 Å². The summed E-state index contributed by atoms with van der Waals surface area (Å²) in [7, 11) is 3.65. The molecule has 0 spiro atoms. The minimum absolute atomic E-state index is 0.00164. The van der Waals surface area contributed by atoms with Gasteiger partial charge in [-0.15, -0.1) is 0 Å². The fourth-order valence-corrected chi connectivity index (χ4v) is 3.48. The van der Waals surface area contributed by atoms with Crippen molar-refractivity contribution in [3.05, 3.63) is 15.1 Å². The Morgan fingerprint density at radius 1 is 1.32 bits per heavy atom. The number of anilines is 1. The van der Waals surface area contributed by atoms with Gasteiger partial charge in [-0.3, -0.25) is 0 Å². The molecule has 1 fully saturated rings. The lowest BCUT2D eigenvalue weighted by Gasteiger charge is -2.23. The third-order valence-corrected chi connectivity index (χ3v) is 4.40. The highest BCUT2D eigenvalue weighted by Crippen LogP contribution is 2.43. The van der Waals surface area contributed by atoms with Crippen LogP contribution in [-0.2, 0) is 10.2 Å². The molecule has 0 saturated heterocycles. The van der Waals surface area contributed by atoms with Crippen LogP contribution in [0.1, 0.15) is 51.2 Å². The van der Waals surface area contributed by atoms with E-state index in [1.807, 2.05) is 7.05 Å². The van der Waals surface area contributed by atoms with E-state index in [1.165, 1.54) is 12.8 Å². The first-order valence-electron chi connectivity index (χ1n) is 6.67. The summed E-state index contributed by atoms with van der Waals surface area (Å²) in [5.74, 6) is 2.31. The summed E-state index contributed by atoms with van der Waals surface area (Å²) in [5, 5.41) is 3.17. The van der Waals surface area contributed by atoms with Crippen LogP contribution in [0.5, 0.6) is 0 Å². The smallest absolute Gasteiger partial charge is 0.160 e. The number of nitrogens with zero attached hydrogens (tertiary/aromatic N) is 2. The zero-order valence-corrected chi connectivity index (χ0v) is 14.4. The molecule has 1 unspecified atom stereocenters. The summed E-state index contributed by atoms with van der Waals surface area (Å²) in [6.07, 6.45) is 2.46. The van der Waals surface area contributed by atoms with Crippen molar-refractivity contribution in [3.8, 4) is 0 Å². The van der Waals surface area contributed by atoms with Gasteiger partial charge in [0.05, 0.1) is 9.26 Å². The first-order valence-corrected chi connectivity index (χ1v) is 7.74. The molecule has 106 valence electrons. The van der Waals surface area contributed by atoms with Crippen LogP contribution in [0.4, 0.5) is 5.82 Å². The van der Waals surface area contributed by atoms with Gasteiger partial charge in [-0.25, -0.2) is 9.97 Å². The molecule has 1 aliphatic rings. The zero-order valence-electron chi connectivity index (χ0n) is 12.2. The Labute approximate surface area is 128 Å². The lowest BCUT2D eigenvalue weighted by molar-refractivity contribution is 0.0769. The number of aromatic nitrogens is 2. The average Bonchev–Trinajstić information content (AvgIpc) is 3.14. The van der Waals surface area contributed by atoms with Gasteiger partial charge in [-0.05, 0) is 41.4 Å². The van der Waals surface area contributed by atoms with E-state index in [0.717, 1.165) is 20.9 Å². The molecule has 0 amide bonds. The van der Waals surface area contributed by atoms with E-state index in [0.29, 0.717) is 5.92 Å². The lowest BCUT2D eigenvalue weighted by Crippen LogP contribution is -2.21. The molecule has 0 bridgehead atoms. The maximum absolute atomic E-state index is 5.61. The Bertz CT molecular complexity index is 466. The van der Waals surface area contributed by atoms with E-state index < -0.39 is 0 Å². The van der Waals surface area contributed by atoms with Crippen molar-refractivity contribution >= 4 is 28.4 Å². The molecule has 1 N–H and O–H groups in total. The number of halogens is 1. The van der Waals surface area contributed by atoms with Crippen LogP contribution in [-0.4, -0.2) is 24.1 Å². The van der Waals surface area contributed by atoms with Crippen LogP contribution in [0.25, 0.3) is 0 Å². The van der Waals surface area contributed by atoms with Gasteiger partial charge in [-0.1, -0.05) is 20.8 Å². The van der Waals surface area contributed by atoms with Crippen molar-refractivity contribution in [2.45, 2.75) is 45.1 Å². The summed E-state index contributed by atoms with van der Waals surface area (Å²) in [5.41, 5.74) is 1.09. The average molecular weight is 375 g/mol. The molecular formula is C14H22IN3O. The zero-order chi connectivity index (χ0) is 14.2. The van der Waals surface area contributed by atoms with E-state index in [9.17, 15) is 0 Å². The van der Waals surface area contributed by atoms with E-state index in [1.54, 1.807) is 7.11 Å². The van der Waals surface area contributed by atoms with Gasteiger partial charge in [0.15, 0.2) is 5.82 Å². The number of hydrogen-bond donors (Lipinski definition) is 1. The number of hydrogen-bond acceptors (Lipinski definition) is 4. The van der Waals surface area contributed by atoms with Crippen LogP contribution in [0.15, 0.2) is 0 Å². The molecule has 1 aromatic rings. The van der Waals surface area contributed by atoms with Crippen molar-refractivity contribution in [3.63, 3.8) is 0 Å². The second kappa shape index (κ2) is 5.52. The fraction of sp³-hybridized carbons (Fsp3) is 0.714. The summed E-state index contributed by atoms with van der Waals surface area (Å²) >= 11 is 2.32. The molecule has 1 atom stereocenters. The predicted octanol–water partition coefficient (Wildman–Crippen LogP) is 3.52. The van der Waals surface area contributed by atoms with Crippen molar-refractivity contribution in [2.75, 3.05) is 19.5 Å². The summed E-state index contributed by atoms with van der Waals surface area (Å²) in [6.45, 7) is 6.54. The van der Waals surface area contributed by atoms with Crippen LogP contribution in [0.2, 0.25) is 0 Å². The van der Waals surface area contributed by atoms with E-state index in [-0.39, 0.29) is 11.5 Å². The standard InChI is InChI=1S/C14H22IN3O/c1-14(2,3)11-9(15)12(16-4)18-13(17-11)10(19-5)8-6-7-8/h8,10H,6-7H2,1-5H3,(H,16,17,18). The largest absolute Gasteiger partial charge is 0.373 e. The molecule has 19 heavy (non-hydrogen) atoms. The Morgan fingerprint density at radius 3 is 2.37 bits per heavy atom. The third kappa shape index (κ3) is 3.18. The SMILES string of the molecule is CNc1nc(C(OC)C2CC2)nc(C(C)(C)C)c1I. The van der Waals surface area contributed by atoms with Gasteiger partial charge in [0.1, 0.15) is 11.9 Å². The Morgan fingerprint density at radius 2 is 1.95 bits per heavy atom. The number of nitrogens with one attached hydrogen (secondary N) is 1. The Hall–Kier alpha value is -0.430. The normalized spacial score (nSPS) is 17.4. The summed E-state index contributed by atoms with van der Waals surface area (Å²) < 4.78 is 6.71. The van der Waals surface area contributed by atoms with Crippen LogP contribution >= 0.6 is 22.6 Å². The predicted molar refractivity (Wildman–Crippen MR) is 85.5 cm³/mol. The second-order valence-corrected chi connectivity index (χ2v) is 7.17. The van der Waals surface area contributed by atoms with E-state index in [2.05, 4.69) is 53.7 Å². The molecule has 1 heterocycles. The highest BCUT2D eigenvalue weighted by molar-refractivity contribution is 14.1. The molecule has 1 aromatic heterocycles. The molecule has 2 rings (SSSR count). The van der Waals surface area contributed by atoms with Crippen molar-refractivity contribution in [2.24, 2.45) is 5.92 Å². The molecule has 0 aliphatic heterocycles. The highest BCUT2D eigenvalue weighted by atomic mass is 127.